The maximum atomic E-state index is 11.1. The van der Waals surface area contributed by atoms with Gasteiger partial charge in [0.2, 0.25) is 0 Å². The molecule has 0 unspecified atom stereocenters. The lowest BCUT2D eigenvalue weighted by atomic mass is 10.3. The lowest BCUT2D eigenvalue weighted by Crippen LogP contribution is -2.01. The number of fused-ring (bicyclic) bond motifs is 1. The van der Waals surface area contributed by atoms with Crippen LogP contribution in [0.3, 0.4) is 0 Å². The minimum absolute atomic E-state index is 0.342. The molecular weight excluding hydrogens is 192 g/mol. The summed E-state index contributed by atoms with van der Waals surface area (Å²) < 4.78 is 6.41. The second-order valence-corrected chi connectivity index (χ2v) is 2.60. The normalized spacial score (nSPS) is 9.27. The fraction of sp³-hybridized carbons (Fsp3) is 0.273. The van der Waals surface area contributed by atoms with Crippen molar-refractivity contribution in [1.29, 1.82) is 0 Å². The van der Waals surface area contributed by atoms with Crippen LogP contribution in [0, 0.1) is 0 Å². The van der Waals surface area contributed by atoms with Crippen LogP contribution in [0.5, 0.6) is 0 Å². The molecule has 0 fully saturated rings. The molecule has 0 saturated carbocycles. The summed E-state index contributed by atoms with van der Waals surface area (Å²) in [5, 5.41) is 0. The lowest BCUT2D eigenvalue weighted by molar-refractivity contribution is 0.0600. The molecule has 0 aliphatic rings. The van der Waals surface area contributed by atoms with E-state index < -0.39 is 0 Å². The number of ether oxygens (including phenoxy) is 1. The van der Waals surface area contributed by atoms with E-state index in [1.165, 1.54) is 7.11 Å². The first-order valence-corrected chi connectivity index (χ1v) is 4.82. The largest absolute Gasteiger partial charge is 0.465 e. The van der Waals surface area contributed by atoms with Gasteiger partial charge in [-0.15, -0.1) is 0 Å². The number of hydrogen-bond acceptors (Lipinski definition) is 3. The number of carbonyl (C=O) groups excluding carboxylic acids is 1. The SMILES string of the molecule is CC.COC(=O)c1ccn2ccnc2c1. The monoisotopic (exact) mass is 206 g/mol. The van der Waals surface area contributed by atoms with Crippen LogP contribution in [0.2, 0.25) is 0 Å². The van der Waals surface area contributed by atoms with Gasteiger partial charge in [-0.2, -0.15) is 0 Å². The third kappa shape index (κ3) is 2.34. The number of nitrogens with zero attached hydrogens (tertiary/aromatic N) is 2. The van der Waals surface area contributed by atoms with Crippen molar-refractivity contribution in [1.82, 2.24) is 9.38 Å². The van der Waals surface area contributed by atoms with E-state index in [1.54, 1.807) is 24.5 Å². The smallest absolute Gasteiger partial charge is 0.338 e. The van der Waals surface area contributed by atoms with Crippen molar-refractivity contribution < 1.29 is 9.53 Å². The number of imidazole rings is 1. The molecule has 4 heteroatoms. The van der Waals surface area contributed by atoms with Crippen LogP contribution >= 0.6 is 0 Å². The highest BCUT2D eigenvalue weighted by atomic mass is 16.5. The molecule has 0 N–H and O–H groups in total. The molecule has 80 valence electrons. The van der Waals surface area contributed by atoms with Crippen molar-refractivity contribution in [3.05, 3.63) is 36.3 Å². The van der Waals surface area contributed by atoms with Crippen LogP contribution in [0.15, 0.2) is 30.7 Å². The van der Waals surface area contributed by atoms with Gasteiger partial charge in [-0.3, -0.25) is 0 Å². The Morgan fingerprint density at radius 3 is 2.80 bits per heavy atom. The summed E-state index contributed by atoms with van der Waals surface area (Å²) in [6.07, 6.45) is 5.27. The topological polar surface area (TPSA) is 43.6 Å². The van der Waals surface area contributed by atoms with E-state index in [1.807, 2.05) is 24.4 Å². The molecule has 0 radical (unpaired) electrons. The number of rotatable bonds is 1. The minimum Gasteiger partial charge on any atom is -0.465 e. The summed E-state index contributed by atoms with van der Waals surface area (Å²) in [6.45, 7) is 4.00. The van der Waals surface area contributed by atoms with E-state index in [0.29, 0.717) is 5.56 Å². The van der Waals surface area contributed by atoms with Gasteiger partial charge in [0.25, 0.3) is 0 Å². The average Bonchev–Trinajstić information content (AvgIpc) is 2.77. The highest BCUT2D eigenvalue weighted by molar-refractivity contribution is 5.90. The third-order valence-electron chi connectivity index (χ3n) is 1.82. The van der Waals surface area contributed by atoms with Gasteiger partial charge < -0.3 is 9.14 Å². The van der Waals surface area contributed by atoms with Gasteiger partial charge in [-0.1, -0.05) is 13.8 Å². The van der Waals surface area contributed by atoms with Crippen molar-refractivity contribution in [3.8, 4) is 0 Å². The van der Waals surface area contributed by atoms with E-state index in [0.717, 1.165) is 5.65 Å². The van der Waals surface area contributed by atoms with Crippen molar-refractivity contribution in [2.75, 3.05) is 7.11 Å². The second kappa shape index (κ2) is 5.14. The molecule has 0 atom stereocenters. The van der Waals surface area contributed by atoms with Crippen LogP contribution in [0.25, 0.3) is 5.65 Å². The molecule has 0 bridgehead atoms. The maximum absolute atomic E-state index is 11.1. The van der Waals surface area contributed by atoms with Crippen LogP contribution < -0.4 is 0 Å². The molecule has 0 aliphatic heterocycles. The fourth-order valence-corrected chi connectivity index (χ4v) is 1.16. The van der Waals surface area contributed by atoms with E-state index in [4.69, 9.17) is 0 Å². The Kier molecular flexibility index (Phi) is 3.85. The van der Waals surface area contributed by atoms with E-state index in [-0.39, 0.29) is 5.97 Å². The van der Waals surface area contributed by atoms with Gasteiger partial charge in [-0.05, 0) is 12.1 Å². The van der Waals surface area contributed by atoms with Crippen molar-refractivity contribution in [2.24, 2.45) is 0 Å². The number of hydrogen-bond donors (Lipinski definition) is 0. The summed E-state index contributed by atoms with van der Waals surface area (Å²) >= 11 is 0. The van der Waals surface area contributed by atoms with E-state index in [2.05, 4.69) is 9.72 Å². The highest BCUT2D eigenvalue weighted by Crippen LogP contribution is 2.06. The summed E-state index contributed by atoms with van der Waals surface area (Å²) in [5.74, 6) is -0.342. The van der Waals surface area contributed by atoms with Gasteiger partial charge in [0.15, 0.2) is 0 Å². The van der Waals surface area contributed by atoms with Gasteiger partial charge in [0, 0.05) is 18.6 Å². The Balaban J connectivity index is 0.000000531. The van der Waals surface area contributed by atoms with Crippen molar-refractivity contribution >= 4 is 11.6 Å². The number of pyridine rings is 1. The molecule has 0 aliphatic carbocycles. The summed E-state index contributed by atoms with van der Waals surface area (Å²) in [5.41, 5.74) is 1.25. The Labute approximate surface area is 88.5 Å². The van der Waals surface area contributed by atoms with Crippen LogP contribution in [-0.2, 0) is 4.74 Å². The molecule has 15 heavy (non-hydrogen) atoms. The molecule has 0 aromatic carbocycles. The number of esters is 1. The molecule has 2 aromatic heterocycles. The van der Waals surface area contributed by atoms with E-state index in [9.17, 15) is 4.79 Å². The highest BCUT2D eigenvalue weighted by Gasteiger charge is 2.05. The Bertz CT molecular complexity index is 449. The first kappa shape index (κ1) is 11.2. The van der Waals surface area contributed by atoms with Gasteiger partial charge in [0.05, 0.1) is 12.7 Å². The predicted octanol–water partition coefficient (Wildman–Crippen LogP) is 2.15. The molecule has 0 saturated heterocycles. The lowest BCUT2D eigenvalue weighted by Gasteiger charge is -1.98. The van der Waals surface area contributed by atoms with Gasteiger partial charge in [-0.25, -0.2) is 9.78 Å². The molecule has 4 nitrogen and oxygen atoms in total. The zero-order valence-electron chi connectivity index (χ0n) is 9.10. The number of aromatic nitrogens is 2. The molecule has 0 amide bonds. The van der Waals surface area contributed by atoms with Gasteiger partial charge >= 0.3 is 5.97 Å². The minimum atomic E-state index is -0.342. The molecular formula is C11H14N2O2. The van der Waals surface area contributed by atoms with E-state index >= 15 is 0 Å². The number of methoxy groups -OCH3 is 1. The van der Waals surface area contributed by atoms with Crippen LogP contribution in [-0.4, -0.2) is 22.5 Å². The predicted molar refractivity (Wildman–Crippen MR) is 57.9 cm³/mol. The van der Waals surface area contributed by atoms with Crippen LogP contribution in [0.4, 0.5) is 0 Å². The average molecular weight is 206 g/mol. The Hall–Kier alpha value is -1.84. The third-order valence-corrected chi connectivity index (χ3v) is 1.82. The fourth-order valence-electron chi connectivity index (χ4n) is 1.16. The standard InChI is InChI=1S/C9H8N2O2.C2H6/c1-13-9(12)7-2-4-11-5-3-10-8(11)6-7;1-2/h2-6H,1H3;1-2H3. The van der Waals surface area contributed by atoms with Crippen molar-refractivity contribution in [2.45, 2.75) is 13.8 Å². The maximum Gasteiger partial charge on any atom is 0.338 e. The summed E-state index contributed by atoms with van der Waals surface area (Å²) in [7, 11) is 1.36. The molecule has 2 rings (SSSR count). The zero-order chi connectivity index (χ0) is 11.3. The molecule has 2 aromatic rings. The Morgan fingerprint density at radius 1 is 1.40 bits per heavy atom. The first-order chi connectivity index (χ1) is 7.31. The van der Waals surface area contributed by atoms with Gasteiger partial charge in [0.1, 0.15) is 5.65 Å². The molecule has 2 heterocycles. The zero-order valence-corrected chi connectivity index (χ0v) is 9.10. The number of carbonyl (C=O) groups is 1. The quantitative estimate of drug-likeness (QED) is 0.671. The molecule has 0 spiro atoms. The first-order valence-electron chi connectivity index (χ1n) is 4.82. The Morgan fingerprint density at radius 2 is 2.13 bits per heavy atom. The van der Waals surface area contributed by atoms with Crippen LogP contribution in [0.1, 0.15) is 24.2 Å². The van der Waals surface area contributed by atoms with Crippen molar-refractivity contribution in [3.63, 3.8) is 0 Å². The second-order valence-electron chi connectivity index (χ2n) is 2.60. The summed E-state index contributed by atoms with van der Waals surface area (Å²) in [4.78, 5) is 15.2. The summed E-state index contributed by atoms with van der Waals surface area (Å²) in [6, 6.07) is 3.38.